The predicted molar refractivity (Wildman–Crippen MR) is 72.1 cm³/mol. The van der Waals surface area contributed by atoms with Gasteiger partial charge in [-0.1, -0.05) is 32.0 Å². The van der Waals surface area contributed by atoms with Crippen LogP contribution < -0.4 is 5.32 Å². The number of hydrogen-bond donors (Lipinski definition) is 1. The fourth-order valence-corrected chi connectivity index (χ4v) is 2.46. The molecule has 90 valence electrons. The first kappa shape index (κ1) is 13.2. The van der Waals surface area contributed by atoms with Crippen molar-refractivity contribution in [3.05, 3.63) is 34.9 Å². The highest BCUT2D eigenvalue weighted by atomic mass is 14.9. The van der Waals surface area contributed by atoms with E-state index in [4.69, 9.17) is 0 Å². The maximum Gasteiger partial charge on any atom is 0.00440 e. The van der Waals surface area contributed by atoms with Crippen molar-refractivity contribution in [2.24, 2.45) is 0 Å². The van der Waals surface area contributed by atoms with Crippen molar-refractivity contribution in [2.45, 2.75) is 52.5 Å². The third-order valence-corrected chi connectivity index (χ3v) is 3.64. The fourth-order valence-electron chi connectivity index (χ4n) is 2.46. The van der Waals surface area contributed by atoms with Crippen molar-refractivity contribution in [3.8, 4) is 0 Å². The summed E-state index contributed by atoms with van der Waals surface area (Å²) in [5.74, 6) is 0. The second-order valence-electron chi connectivity index (χ2n) is 5.53. The third kappa shape index (κ3) is 2.85. The topological polar surface area (TPSA) is 12.0 Å². The van der Waals surface area contributed by atoms with Gasteiger partial charge in [0, 0.05) is 6.04 Å². The summed E-state index contributed by atoms with van der Waals surface area (Å²) in [5, 5.41) is 3.32. The van der Waals surface area contributed by atoms with E-state index in [0.717, 1.165) is 6.42 Å². The van der Waals surface area contributed by atoms with E-state index < -0.39 is 0 Å². The Kier molecular flexibility index (Phi) is 4.15. The quantitative estimate of drug-likeness (QED) is 0.816. The fraction of sp³-hybridized carbons (Fsp3) is 0.600. The van der Waals surface area contributed by atoms with Crippen LogP contribution in [-0.4, -0.2) is 13.1 Å². The van der Waals surface area contributed by atoms with Crippen LogP contribution in [0.25, 0.3) is 0 Å². The summed E-state index contributed by atoms with van der Waals surface area (Å²) in [6.45, 7) is 11.3. The van der Waals surface area contributed by atoms with Crippen molar-refractivity contribution >= 4 is 0 Å². The number of aryl methyl sites for hydroxylation is 1. The SMILES string of the molecule is CNC(C)CC(C)(C)c1cccc(C)c1C. The summed E-state index contributed by atoms with van der Waals surface area (Å²) >= 11 is 0. The molecule has 0 amide bonds. The highest BCUT2D eigenvalue weighted by molar-refractivity contribution is 5.37. The van der Waals surface area contributed by atoms with E-state index in [0.29, 0.717) is 6.04 Å². The van der Waals surface area contributed by atoms with Crippen LogP contribution in [0.15, 0.2) is 18.2 Å². The molecule has 0 heterocycles. The van der Waals surface area contributed by atoms with Crippen molar-refractivity contribution < 1.29 is 0 Å². The molecular formula is C15H25N. The molecule has 1 rings (SSSR count). The number of benzene rings is 1. The molecule has 0 aliphatic rings. The smallest absolute Gasteiger partial charge is 0.00440 e. The van der Waals surface area contributed by atoms with Gasteiger partial charge in [-0.3, -0.25) is 0 Å². The van der Waals surface area contributed by atoms with Crippen LogP contribution in [0.3, 0.4) is 0 Å². The lowest BCUT2D eigenvalue weighted by Gasteiger charge is -2.30. The third-order valence-electron chi connectivity index (χ3n) is 3.64. The molecule has 1 aromatic rings. The molecule has 0 aromatic heterocycles. The Bertz CT molecular complexity index is 352. The Morgan fingerprint density at radius 1 is 1.25 bits per heavy atom. The molecule has 1 N–H and O–H groups in total. The molecule has 1 heteroatoms. The Labute approximate surface area is 100 Å². The Morgan fingerprint density at radius 2 is 1.88 bits per heavy atom. The van der Waals surface area contributed by atoms with Crippen molar-refractivity contribution in [1.82, 2.24) is 5.32 Å². The minimum atomic E-state index is 0.235. The lowest BCUT2D eigenvalue weighted by molar-refractivity contribution is 0.403. The molecular weight excluding hydrogens is 194 g/mol. The van der Waals surface area contributed by atoms with E-state index in [1.54, 1.807) is 0 Å². The first-order chi connectivity index (χ1) is 7.38. The zero-order valence-electron chi connectivity index (χ0n) is 11.5. The van der Waals surface area contributed by atoms with Crippen LogP contribution in [0.5, 0.6) is 0 Å². The molecule has 1 aromatic carbocycles. The zero-order valence-corrected chi connectivity index (χ0v) is 11.5. The molecule has 1 unspecified atom stereocenters. The van der Waals surface area contributed by atoms with Gasteiger partial charge in [0.2, 0.25) is 0 Å². The lowest BCUT2D eigenvalue weighted by atomic mass is 9.76. The first-order valence-electron chi connectivity index (χ1n) is 6.12. The molecule has 1 atom stereocenters. The number of rotatable bonds is 4. The second kappa shape index (κ2) is 5.01. The van der Waals surface area contributed by atoms with E-state index in [1.807, 2.05) is 7.05 Å². The molecule has 0 saturated carbocycles. The van der Waals surface area contributed by atoms with Crippen LogP contribution in [0.4, 0.5) is 0 Å². The number of nitrogens with one attached hydrogen (secondary N) is 1. The molecule has 0 bridgehead atoms. The van der Waals surface area contributed by atoms with Crippen molar-refractivity contribution in [2.75, 3.05) is 7.05 Å². The monoisotopic (exact) mass is 219 g/mol. The van der Waals surface area contributed by atoms with Gasteiger partial charge in [0.1, 0.15) is 0 Å². The standard InChI is InChI=1S/C15H25N/c1-11-8-7-9-14(13(11)3)15(4,5)10-12(2)16-6/h7-9,12,16H,10H2,1-6H3. The lowest BCUT2D eigenvalue weighted by Crippen LogP contribution is -2.31. The summed E-state index contributed by atoms with van der Waals surface area (Å²) in [4.78, 5) is 0. The van der Waals surface area contributed by atoms with Gasteiger partial charge in [0.05, 0.1) is 0 Å². The highest BCUT2D eigenvalue weighted by Crippen LogP contribution is 2.31. The summed E-state index contributed by atoms with van der Waals surface area (Å²) < 4.78 is 0. The molecule has 0 fully saturated rings. The van der Waals surface area contributed by atoms with E-state index in [9.17, 15) is 0 Å². The average Bonchev–Trinajstić information content (AvgIpc) is 2.21. The van der Waals surface area contributed by atoms with Gasteiger partial charge in [0.15, 0.2) is 0 Å². The van der Waals surface area contributed by atoms with E-state index in [2.05, 4.69) is 58.1 Å². The van der Waals surface area contributed by atoms with Crippen LogP contribution in [-0.2, 0) is 5.41 Å². The predicted octanol–water partition coefficient (Wildman–Crippen LogP) is 3.58. The summed E-state index contributed by atoms with van der Waals surface area (Å²) in [6, 6.07) is 7.18. The van der Waals surface area contributed by atoms with Crippen molar-refractivity contribution in [3.63, 3.8) is 0 Å². The maximum absolute atomic E-state index is 3.32. The van der Waals surface area contributed by atoms with E-state index in [1.165, 1.54) is 16.7 Å². The van der Waals surface area contributed by atoms with Gasteiger partial charge in [-0.25, -0.2) is 0 Å². The van der Waals surface area contributed by atoms with Gasteiger partial charge < -0.3 is 5.32 Å². The maximum atomic E-state index is 3.32. The van der Waals surface area contributed by atoms with Crippen LogP contribution in [0.2, 0.25) is 0 Å². The minimum Gasteiger partial charge on any atom is -0.317 e. The molecule has 0 radical (unpaired) electrons. The molecule has 0 aliphatic carbocycles. The van der Waals surface area contributed by atoms with Gasteiger partial charge in [-0.2, -0.15) is 0 Å². The van der Waals surface area contributed by atoms with E-state index >= 15 is 0 Å². The summed E-state index contributed by atoms with van der Waals surface area (Å²) in [5.41, 5.74) is 4.55. The second-order valence-corrected chi connectivity index (χ2v) is 5.53. The first-order valence-corrected chi connectivity index (χ1v) is 6.12. The highest BCUT2D eigenvalue weighted by Gasteiger charge is 2.24. The van der Waals surface area contributed by atoms with Crippen LogP contribution >= 0.6 is 0 Å². The Morgan fingerprint density at radius 3 is 2.44 bits per heavy atom. The van der Waals surface area contributed by atoms with Crippen LogP contribution in [0, 0.1) is 13.8 Å². The van der Waals surface area contributed by atoms with Gasteiger partial charge in [-0.05, 0) is 56.3 Å². The normalized spacial score (nSPS) is 13.9. The Balaban J connectivity index is 3.02. The molecule has 1 nitrogen and oxygen atoms in total. The van der Waals surface area contributed by atoms with Crippen molar-refractivity contribution in [1.29, 1.82) is 0 Å². The van der Waals surface area contributed by atoms with Crippen LogP contribution in [0.1, 0.15) is 43.9 Å². The number of hydrogen-bond acceptors (Lipinski definition) is 1. The Hall–Kier alpha value is -0.820. The molecule has 16 heavy (non-hydrogen) atoms. The van der Waals surface area contributed by atoms with E-state index in [-0.39, 0.29) is 5.41 Å². The largest absolute Gasteiger partial charge is 0.317 e. The minimum absolute atomic E-state index is 0.235. The summed E-state index contributed by atoms with van der Waals surface area (Å²) in [6.07, 6.45) is 1.16. The average molecular weight is 219 g/mol. The molecule has 0 aliphatic heterocycles. The summed E-state index contributed by atoms with van der Waals surface area (Å²) in [7, 11) is 2.03. The van der Waals surface area contributed by atoms with Gasteiger partial charge in [-0.15, -0.1) is 0 Å². The molecule has 0 spiro atoms. The zero-order chi connectivity index (χ0) is 12.3. The molecule has 0 saturated heterocycles. The van der Waals surface area contributed by atoms with Gasteiger partial charge >= 0.3 is 0 Å². The van der Waals surface area contributed by atoms with Gasteiger partial charge in [0.25, 0.3) is 0 Å².